The molecule has 0 unspecified atom stereocenters. The zero-order valence-corrected chi connectivity index (χ0v) is 16.7. The summed E-state index contributed by atoms with van der Waals surface area (Å²) in [5.41, 5.74) is -0.00974. The van der Waals surface area contributed by atoms with Crippen molar-refractivity contribution < 1.29 is 27.5 Å². The van der Waals surface area contributed by atoms with Crippen LogP contribution in [0.1, 0.15) is 48.3 Å². The van der Waals surface area contributed by atoms with Crippen LogP contribution in [0.25, 0.3) is 0 Å². The number of alkyl halides is 3. The molecule has 0 fully saturated rings. The molecule has 6 nitrogen and oxygen atoms in total. The largest absolute Gasteiger partial charge is 0.474 e. The van der Waals surface area contributed by atoms with E-state index in [2.05, 4.69) is 15.3 Å². The SMILES string of the molecule is CC(=O)Nc1cc(C(=O)CC[C@@H](C)Oc2ncc(C(F)(F)F)cc2Cl)cc(C)n1. The van der Waals surface area contributed by atoms with E-state index in [4.69, 9.17) is 16.3 Å². The molecule has 0 aliphatic carbocycles. The van der Waals surface area contributed by atoms with Crippen LogP contribution in [0.2, 0.25) is 5.02 Å². The number of halogens is 4. The van der Waals surface area contributed by atoms with Gasteiger partial charge in [0.15, 0.2) is 5.78 Å². The summed E-state index contributed by atoms with van der Waals surface area (Å²) in [6.07, 6.45) is -4.02. The number of carbonyl (C=O) groups excluding carboxylic acids is 2. The Morgan fingerprint density at radius 3 is 2.55 bits per heavy atom. The molecule has 0 radical (unpaired) electrons. The molecule has 2 heterocycles. The van der Waals surface area contributed by atoms with Crippen LogP contribution in [0, 0.1) is 6.92 Å². The molecule has 0 saturated heterocycles. The molecule has 0 bridgehead atoms. The zero-order chi connectivity index (χ0) is 21.8. The highest BCUT2D eigenvalue weighted by Gasteiger charge is 2.32. The number of nitrogens with one attached hydrogen (secondary N) is 1. The van der Waals surface area contributed by atoms with Gasteiger partial charge < -0.3 is 10.1 Å². The summed E-state index contributed by atoms with van der Waals surface area (Å²) >= 11 is 5.82. The first kappa shape index (κ1) is 22.6. The van der Waals surface area contributed by atoms with Gasteiger partial charge in [-0.3, -0.25) is 9.59 Å². The summed E-state index contributed by atoms with van der Waals surface area (Å²) in [4.78, 5) is 31.4. The highest BCUT2D eigenvalue weighted by atomic mass is 35.5. The normalized spacial score (nSPS) is 12.4. The first-order valence-corrected chi connectivity index (χ1v) is 9.02. The van der Waals surface area contributed by atoms with E-state index in [0.717, 1.165) is 6.07 Å². The Bertz CT molecular complexity index is 919. The number of ether oxygens (including phenoxy) is 1. The average molecular weight is 430 g/mol. The van der Waals surface area contributed by atoms with Crippen molar-refractivity contribution in [3.8, 4) is 5.88 Å². The van der Waals surface area contributed by atoms with E-state index in [-0.39, 0.29) is 41.3 Å². The summed E-state index contributed by atoms with van der Waals surface area (Å²) in [7, 11) is 0. The maximum atomic E-state index is 12.7. The van der Waals surface area contributed by atoms with Gasteiger partial charge in [-0.15, -0.1) is 0 Å². The van der Waals surface area contributed by atoms with Crippen molar-refractivity contribution in [2.45, 2.75) is 45.9 Å². The van der Waals surface area contributed by atoms with Gasteiger partial charge in [0.05, 0.1) is 11.7 Å². The highest BCUT2D eigenvalue weighted by Crippen LogP contribution is 2.33. The van der Waals surface area contributed by atoms with Crippen molar-refractivity contribution in [1.29, 1.82) is 0 Å². The van der Waals surface area contributed by atoms with Crippen molar-refractivity contribution in [2.75, 3.05) is 5.32 Å². The Morgan fingerprint density at radius 1 is 1.28 bits per heavy atom. The van der Waals surface area contributed by atoms with E-state index in [1.807, 2.05) is 0 Å². The maximum absolute atomic E-state index is 12.7. The fourth-order valence-electron chi connectivity index (χ4n) is 2.47. The van der Waals surface area contributed by atoms with Crippen LogP contribution in [0.15, 0.2) is 24.4 Å². The number of hydrogen-bond acceptors (Lipinski definition) is 5. The topological polar surface area (TPSA) is 81.2 Å². The summed E-state index contributed by atoms with van der Waals surface area (Å²) in [6, 6.07) is 3.83. The van der Waals surface area contributed by atoms with Gasteiger partial charge in [-0.05, 0) is 38.5 Å². The smallest absolute Gasteiger partial charge is 0.417 e. The minimum Gasteiger partial charge on any atom is -0.474 e. The second-order valence-electron chi connectivity index (χ2n) is 6.46. The van der Waals surface area contributed by atoms with Gasteiger partial charge in [0.2, 0.25) is 11.8 Å². The fraction of sp³-hybridized carbons (Fsp3) is 0.368. The molecule has 1 atom stereocenters. The van der Waals surface area contributed by atoms with Gasteiger partial charge >= 0.3 is 6.18 Å². The molecule has 0 saturated carbocycles. The quantitative estimate of drug-likeness (QED) is 0.636. The number of nitrogens with zero attached hydrogens (tertiary/aromatic N) is 2. The van der Waals surface area contributed by atoms with Crippen LogP contribution < -0.4 is 10.1 Å². The molecular weight excluding hydrogens is 411 g/mol. The number of carbonyl (C=O) groups is 2. The zero-order valence-electron chi connectivity index (χ0n) is 15.9. The van der Waals surface area contributed by atoms with E-state index < -0.39 is 17.8 Å². The summed E-state index contributed by atoms with van der Waals surface area (Å²) in [5.74, 6) is -0.341. The van der Waals surface area contributed by atoms with Crippen LogP contribution in [-0.2, 0) is 11.0 Å². The molecule has 0 aliphatic rings. The molecule has 1 N–H and O–H groups in total. The maximum Gasteiger partial charge on any atom is 0.417 e. The number of aromatic nitrogens is 2. The molecule has 10 heteroatoms. The Labute approximate surface area is 170 Å². The third-order valence-corrected chi connectivity index (χ3v) is 4.08. The number of pyridine rings is 2. The molecule has 156 valence electrons. The number of ketones is 1. The van der Waals surface area contributed by atoms with Crippen molar-refractivity contribution in [2.24, 2.45) is 0 Å². The molecule has 1 amide bonds. The standard InChI is InChI=1S/C19H19ClF3N3O3/c1-10-6-13(7-17(25-10)26-12(3)27)16(28)5-4-11(2)29-18-15(20)8-14(9-24-18)19(21,22)23/h6-9,11H,4-5H2,1-3H3,(H,25,26,27)/t11-/m1/s1. The lowest BCUT2D eigenvalue weighted by molar-refractivity contribution is -0.137. The van der Waals surface area contributed by atoms with E-state index in [1.54, 1.807) is 19.9 Å². The van der Waals surface area contributed by atoms with Crippen molar-refractivity contribution in [3.63, 3.8) is 0 Å². The van der Waals surface area contributed by atoms with Gasteiger partial charge in [0.1, 0.15) is 10.8 Å². The molecule has 2 rings (SSSR count). The van der Waals surface area contributed by atoms with E-state index >= 15 is 0 Å². The van der Waals surface area contributed by atoms with Crippen molar-refractivity contribution >= 4 is 29.1 Å². The summed E-state index contributed by atoms with van der Waals surface area (Å²) < 4.78 is 43.4. The third-order valence-electron chi connectivity index (χ3n) is 3.80. The number of rotatable bonds is 7. The van der Waals surface area contributed by atoms with Crippen molar-refractivity contribution in [3.05, 3.63) is 46.2 Å². The Morgan fingerprint density at radius 2 is 1.97 bits per heavy atom. The van der Waals surface area contributed by atoms with Gasteiger partial charge in [-0.2, -0.15) is 13.2 Å². The molecule has 29 heavy (non-hydrogen) atoms. The first-order chi connectivity index (χ1) is 13.5. The third kappa shape index (κ3) is 6.70. The molecule has 0 aromatic carbocycles. The lowest BCUT2D eigenvalue weighted by Gasteiger charge is -2.15. The number of hydrogen-bond donors (Lipinski definition) is 1. The summed E-state index contributed by atoms with van der Waals surface area (Å²) in [6.45, 7) is 4.69. The van der Waals surface area contributed by atoms with Gasteiger partial charge in [0.25, 0.3) is 0 Å². The molecular formula is C19H19ClF3N3O3. The number of Topliss-reactive ketones (excluding diaryl/α,β-unsaturated/α-hetero) is 1. The predicted octanol–water partition coefficient (Wildman–Crippen LogP) is 4.85. The fourth-order valence-corrected chi connectivity index (χ4v) is 2.68. The van der Waals surface area contributed by atoms with E-state index in [0.29, 0.717) is 17.5 Å². The molecule has 0 spiro atoms. The first-order valence-electron chi connectivity index (χ1n) is 8.64. The minimum absolute atomic E-state index is 0.113. The molecule has 2 aromatic heterocycles. The monoisotopic (exact) mass is 429 g/mol. The van der Waals surface area contributed by atoms with Gasteiger partial charge in [0, 0.05) is 30.8 Å². The predicted molar refractivity (Wildman–Crippen MR) is 101 cm³/mol. The highest BCUT2D eigenvalue weighted by molar-refractivity contribution is 6.31. The van der Waals surface area contributed by atoms with Crippen LogP contribution in [-0.4, -0.2) is 27.8 Å². The van der Waals surface area contributed by atoms with Crippen LogP contribution in [0.5, 0.6) is 5.88 Å². The van der Waals surface area contributed by atoms with Crippen LogP contribution in [0.3, 0.4) is 0 Å². The van der Waals surface area contributed by atoms with E-state index in [1.165, 1.54) is 13.0 Å². The van der Waals surface area contributed by atoms with Crippen LogP contribution in [0.4, 0.5) is 19.0 Å². The van der Waals surface area contributed by atoms with Crippen LogP contribution >= 0.6 is 11.6 Å². The Kier molecular flexibility index (Phi) is 7.18. The number of amides is 1. The van der Waals surface area contributed by atoms with Crippen molar-refractivity contribution in [1.82, 2.24) is 9.97 Å². The van der Waals surface area contributed by atoms with Gasteiger partial charge in [-0.1, -0.05) is 11.6 Å². The number of aryl methyl sites for hydroxylation is 1. The lowest BCUT2D eigenvalue weighted by atomic mass is 10.0. The number of anilines is 1. The second-order valence-corrected chi connectivity index (χ2v) is 6.87. The Hall–Kier alpha value is -2.68. The average Bonchev–Trinajstić information content (AvgIpc) is 2.59. The van der Waals surface area contributed by atoms with E-state index in [9.17, 15) is 22.8 Å². The molecule has 0 aliphatic heterocycles. The van der Waals surface area contributed by atoms with Gasteiger partial charge in [-0.25, -0.2) is 9.97 Å². The molecule has 2 aromatic rings. The summed E-state index contributed by atoms with van der Waals surface area (Å²) in [5, 5.41) is 2.27. The lowest BCUT2D eigenvalue weighted by Crippen LogP contribution is -2.16. The Balaban J connectivity index is 1.99. The second kappa shape index (κ2) is 9.21. The minimum atomic E-state index is -4.55.